The fourth-order valence-electron chi connectivity index (χ4n) is 4.44. The number of aryl methyl sites for hydroxylation is 2. The maximum Gasteiger partial charge on any atom is 0.433 e. The van der Waals surface area contributed by atoms with Crippen LogP contribution in [0.5, 0.6) is 0 Å². The van der Waals surface area contributed by atoms with Crippen molar-refractivity contribution in [1.82, 2.24) is 24.6 Å². The van der Waals surface area contributed by atoms with Crippen LogP contribution in [-0.4, -0.2) is 44.2 Å². The molecule has 4 aromatic rings. The highest BCUT2D eigenvalue weighted by atomic mass is 19.4. The number of pyridine rings is 2. The summed E-state index contributed by atoms with van der Waals surface area (Å²) in [5.41, 5.74) is 8.35. The lowest BCUT2D eigenvalue weighted by atomic mass is 9.98. The van der Waals surface area contributed by atoms with E-state index in [-0.39, 0.29) is 24.8 Å². The molecule has 0 saturated heterocycles. The summed E-state index contributed by atoms with van der Waals surface area (Å²) < 4.78 is 46.4. The van der Waals surface area contributed by atoms with Crippen molar-refractivity contribution in [3.63, 3.8) is 0 Å². The molecular formula is C23H21F3N6O2. The molecule has 4 heterocycles. The van der Waals surface area contributed by atoms with Gasteiger partial charge in [-0.25, -0.2) is 9.97 Å². The maximum absolute atomic E-state index is 13.6. The number of benzene rings is 1. The maximum atomic E-state index is 13.6. The van der Waals surface area contributed by atoms with E-state index < -0.39 is 17.9 Å². The van der Waals surface area contributed by atoms with Crippen LogP contribution in [0, 0.1) is 6.92 Å². The van der Waals surface area contributed by atoms with Gasteiger partial charge in [0.25, 0.3) is 5.91 Å². The van der Waals surface area contributed by atoms with Crippen molar-refractivity contribution in [2.45, 2.75) is 25.7 Å². The Kier molecular flexibility index (Phi) is 4.97. The number of rotatable bonds is 2. The fraction of sp³-hybridized carbons (Fsp3) is 0.304. The number of nitrogens with two attached hydrogens (primary N) is 1. The largest absolute Gasteiger partial charge is 0.433 e. The molecule has 0 unspecified atom stereocenters. The van der Waals surface area contributed by atoms with Crippen molar-refractivity contribution >= 4 is 33.5 Å². The van der Waals surface area contributed by atoms with Crippen LogP contribution in [0.3, 0.4) is 0 Å². The Morgan fingerprint density at radius 1 is 1.24 bits per heavy atom. The first-order valence-corrected chi connectivity index (χ1v) is 10.5. The molecule has 0 bridgehead atoms. The van der Waals surface area contributed by atoms with E-state index in [2.05, 4.69) is 15.1 Å². The Morgan fingerprint density at radius 2 is 2.00 bits per heavy atom. The van der Waals surface area contributed by atoms with E-state index in [1.807, 2.05) is 0 Å². The second-order valence-electron chi connectivity index (χ2n) is 8.39. The van der Waals surface area contributed by atoms with E-state index in [1.54, 1.807) is 44.0 Å². The number of hydrogen-bond donors (Lipinski definition) is 1. The van der Waals surface area contributed by atoms with Crippen LogP contribution in [0.2, 0.25) is 0 Å². The van der Waals surface area contributed by atoms with Crippen molar-refractivity contribution in [1.29, 1.82) is 0 Å². The molecule has 3 aromatic heterocycles. The van der Waals surface area contributed by atoms with Gasteiger partial charge in [0.1, 0.15) is 11.5 Å². The molecule has 176 valence electrons. The van der Waals surface area contributed by atoms with Gasteiger partial charge in [0, 0.05) is 30.6 Å². The van der Waals surface area contributed by atoms with E-state index in [0.29, 0.717) is 33.4 Å². The van der Waals surface area contributed by atoms with Crippen molar-refractivity contribution in [2.75, 3.05) is 19.4 Å². The summed E-state index contributed by atoms with van der Waals surface area (Å²) in [6.07, 6.45) is -2.93. The lowest BCUT2D eigenvalue weighted by Gasteiger charge is -2.33. The van der Waals surface area contributed by atoms with Crippen molar-refractivity contribution in [3.05, 3.63) is 58.5 Å². The Balaban J connectivity index is 1.56. The molecule has 1 aliphatic heterocycles. The molecule has 0 spiro atoms. The normalized spacial score (nSPS) is 16.1. The zero-order valence-electron chi connectivity index (χ0n) is 18.6. The van der Waals surface area contributed by atoms with E-state index in [4.69, 9.17) is 10.5 Å². The molecule has 0 aliphatic carbocycles. The number of halogens is 3. The summed E-state index contributed by atoms with van der Waals surface area (Å²) in [5.74, 6) is 0.0563. The number of fused-ring (bicyclic) bond motifs is 4. The average Bonchev–Trinajstić information content (AvgIpc) is 3.19. The summed E-state index contributed by atoms with van der Waals surface area (Å²) in [4.78, 5) is 23.2. The van der Waals surface area contributed by atoms with Gasteiger partial charge < -0.3 is 15.4 Å². The van der Waals surface area contributed by atoms with Crippen molar-refractivity contribution < 1.29 is 22.7 Å². The number of amides is 1. The van der Waals surface area contributed by atoms with Crippen LogP contribution in [-0.2, 0) is 24.6 Å². The first kappa shape index (κ1) is 22.1. The Morgan fingerprint density at radius 3 is 2.74 bits per heavy atom. The van der Waals surface area contributed by atoms with Crippen LogP contribution >= 0.6 is 0 Å². The zero-order valence-corrected chi connectivity index (χ0v) is 18.6. The number of carbonyl (C=O) groups excluding carboxylic acids is 1. The molecular weight excluding hydrogens is 449 g/mol. The SMILES string of the molecule is Cc1cc2nc(N)c3cnn(C)c3c2cc1C(=O)N(C)[C@@H]1COCc2nc(C(F)(F)F)ccc21. The molecule has 1 atom stereocenters. The van der Waals surface area contributed by atoms with Crippen molar-refractivity contribution in [3.8, 4) is 0 Å². The molecule has 2 N–H and O–H groups in total. The number of likely N-dealkylation sites (N-methyl/N-ethyl adjacent to an activating group) is 1. The van der Waals surface area contributed by atoms with E-state index in [9.17, 15) is 18.0 Å². The number of carbonyl (C=O) groups is 1. The van der Waals surface area contributed by atoms with Gasteiger partial charge in [0.05, 0.1) is 47.6 Å². The second kappa shape index (κ2) is 7.66. The standard InChI is InChI=1S/C23H21F3N6O2/c1-11-6-16-14(20-15(21(27)30-16)8-28-32(20)3)7-13(11)22(33)31(2)18-10-34-9-17-12(18)4-5-19(29-17)23(24,25)26/h4-8,18H,9-10H2,1-3H3,(H2,27,30)/t18-/m1/s1. The molecule has 1 aliphatic rings. The third kappa shape index (κ3) is 3.43. The van der Waals surface area contributed by atoms with Gasteiger partial charge in [0.2, 0.25) is 0 Å². The highest BCUT2D eigenvalue weighted by molar-refractivity contribution is 6.10. The predicted octanol–water partition coefficient (Wildman–Crippen LogP) is 3.77. The molecule has 1 amide bonds. The van der Waals surface area contributed by atoms with Crippen LogP contribution in [0.1, 0.15) is 38.9 Å². The number of nitrogen functional groups attached to an aromatic ring is 1. The molecule has 34 heavy (non-hydrogen) atoms. The Hall–Kier alpha value is -3.73. The van der Waals surface area contributed by atoms with Gasteiger partial charge in [-0.2, -0.15) is 18.3 Å². The van der Waals surface area contributed by atoms with Crippen LogP contribution in [0.4, 0.5) is 19.0 Å². The lowest BCUT2D eigenvalue weighted by molar-refractivity contribution is -0.141. The monoisotopic (exact) mass is 470 g/mol. The first-order valence-electron chi connectivity index (χ1n) is 10.5. The lowest BCUT2D eigenvalue weighted by Crippen LogP contribution is -2.37. The number of alkyl halides is 3. The molecule has 8 nitrogen and oxygen atoms in total. The Bertz CT molecular complexity index is 1460. The first-order chi connectivity index (χ1) is 16.1. The number of nitrogens with zero attached hydrogens (tertiary/aromatic N) is 5. The van der Waals surface area contributed by atoms with E-state index in [1.165, 1.54) is 11.0 Å². The topological polar surface area (TPSA) is 99.2 Å². The molecule has 0 saturated carbocycles. The van der Waals surface area contributed by atoms with Crippen LogP contribution in [0.15, 0.2) is 30.5 Å². The van der Waals surface area contributed by atoms with Gasteiger partial charge in [-0.1, -0.05) is 6.07 Å². The molecule has 1 aromatic carbocycles. The van der Waals surface area contributed by atoms with Gasteiger partial charge in [0.15, 0.2) is 0 Å². The van der Waals surface area contributed by atoms with E-state index in [0.717, 1.165) is 17.0 Å². The molecule has 0 radical (unpaired) electrons. The van der Waals surface area contributed by atoms with Gasteiger partial charge in [-0.15, -0.1) is 0 Å². The summed E-state index contributed by atoms with van der Waals surface area (Å²) in [6, 6.07) is 5.28. The summed E-state index contributed by atoms with van der Waals surface area (Å²) in [6.45, 7) is 1.91. The molecule has 0 fully saturated rings. The highest BCUT2D eigenvalue weighted by Gasteiger charge is 2.36. The van der Waals surface area contributed by atoms with Gasteiger partial charge in [-0.05, 0) is 30.7 Å². The number of aromatic nitrogens is 4. The zero-order chi connectivity index (χ0) is 24.4. The minimum Gasteiger partial charge on any atom is -0.383 e. The Labute approximate surface area is 192 Å². The summed E-state index contributed by atoms with van der Waals surface area (Å²) in [5, 5.41) is 5.67. The molecule has 11 heteroatoms. The number of anilines is 1. The van der Waals surface area contributed by atoms with Crippen molar-refractivity contribution in [2.24, 2.45) is 7.05 Å². The summed E-state index contributed by atoms with van der Waals surface area (Å²) >= 11 is 0. The summed E-state index contributed by atoms with van der Waals surface area (Å²) in [7, 11) is 3.39. The smallest absolute Gasteiger partial charge is 0.383 e. The number of hydrogen-bond acceptors (Lipinski definition) is 6. The highest BCUT2D eigenvalue weighted by Crippen LogP contribution is 2.35. The quantitative estimate of drug-likeness (QED) is 0.479. The van der Waals surface area contributed by atoms with E-state index >= 15 is 0 Å². The fourth-order valence-corrected chi connectivity index (χ4v) is 4.44. The number of ether oxygens (including phenoxy) is 1. The van der Waals surface area contributed by atoms with Gasteiger partial charge >= 0.3 is 6.18 Å². The van der Waals surface area contributed by atoms with Gasteiger partial charge in [-0.3, -0.25) is 9.48 Å². The minimum absolute atomic E-state index is 0.0433. The van der Waals surface area contributed by atoms with Crippen LogP contribution < -0.4 is 5.73 Å². The average molecular weight is 470 g/mol. The van der Waals surface area contributed by atoms with Crippen LogP contribution in [0.25, 0.3) is 21.8 Å². The third-order valence-corrected chi connectivity index (χ3v) is 6.25. The predicted molar refractivity (Wildman–Crippen MR) is 119 cm³/mol. The molecule has 5 rings (SSSR count). The minimum atomic E-state index is -4.56. The second-order valence-corrected chi connectivity index (χ2v) is 8.39. The third-order valence-electron chi connectivity index (χ3n) is 6.25.